The van der Waals surface area contributed by atoms with Crippen molar-refractivity contribution in [3.63, 3.8) is 0 Å². The minimum absolute atomic E-state index is 0.508. The highest BCUT2D eigenvalue weighted by Gasteiger charge is 2.29. The molecule has 0 unspecified atom stereocenters. The smallest absolute Gasteiger partial charge is 0.347 e. The lowest BCUT2D eigenvalue weighted by molar-refractivity contribution is -0.152. The number of para-hydroxylation sites is 1. The van der Waals surface area contributed by atoms with Crippen molar-refractivity contribution in [1.82, 2.24) is 0 Å². The molecule has 4 heteroatoms. The largest absolute Gasteiger partial charge is 0.478 e. The number of nitrogens with two attached hydrogens (primary N) is 1. The SMILES string of the molecule is CC(C)(Oc1ccccc1CCN)C(=O)O. The summed E-state index contributed by atoms with van der Waals surface area (Å²) in [5.41, 5.74) is 5.18. The molecule has 1 aromatic carbocycles. The summed E-state index contributed by atoms with van der Waals surface area (Å²) >= 11 is 0. The normalized spacial score (nSPS) is 11.2. The Morgan fingerprint density at radius 3 is 2.62 bits per heavy atom. The molecule has 0 saturated carbocycles. The van der Waals surface area contributed by atoms with Gasteiger partial charge in [0.1, 0.15) is 5.75 Å². The third-order valence-electron chi connectivity index (χ3n) is 2.27. The first-order chi connectivity index (χ1) is 7.47. The molecule has 0 atom stereocenters. The lowest BCUT2D eigenvalue weighted by atomic mass is 10.1. The maximum absolute atomic E-state index is 10.9. The van der Waals surface area contributed by atoms with Crippen LogP contribution in [0, 0.1) is 0 Å². The van der Waals surface area contributed by atoms with Crippen LogP contribution in [0.15, 0.2) is 24.3 Å². The summed E-state index contributed by atoms with van der Waals surface area (Å²) in [6, 6.07) is 7.34. The molecular weight excluding hydrogens is 206 g/mol. The number of hydrogen-bond acceptors (Lipinski definition) is 3. The number of benzene rings is 1. The minimum Gasteiger partial charge on any atom is -0.478 e. The summed E-state index contributed by atoms with van der Waals surface area (Å²) in [6.45, 7) is 3.55. The van der Waals surface area contributed by atoms with Gasteiger partial charge in [0, 0.05) is 0 Å². The van der Waals surface area contributed by atoms with Crippen LogP contribution in [0.2, 0.25) is 0 Å². The highest BCUT2D eigenvalue weighted by molar-refractivity contribution is 5.76. The van der Waals surface area contributed by atoms with Crippen molar-refractivity contribution in [2.75, 3.05) is 6.54 Å². The lowest BCUT2D eigenvalue weighted by Gasteiger charge is -2.23. The number of carbonyl (C=O) groups is 1. The third kappa shape index (κ3) is 2.97. The summed E-state index contributed by atoms with van der Waals surface area (Å²) in [5.74, 6) is -0.407. The van der Waals surface area contributed by atoms with Crippen LogP contribution in [0.4, 0.5) is 0 Å². The van der Waals surface area contributed by atoms with Crippen LogP contribution in [0.25, 0.3) is 0 Å². The standard InChI is InChI=1S/C12H17NO3/c1-12(2,11(14)15)16-10-6-4-3-5-9(10)7-8-13/h3-6H,7-8,13H2,1-2H3,(H,14,15). The van der Waals surface area contributed by atoms with E-state index in [0.717, 1.165) is 5.56 Å². The molecule has 0 aliphatic heterocycles. The van der Waals surface area contributed by atoms with E-state index >= 15 is 0 Å². The molecule has 88 valence electrons. The summed E-state index contributed by atoms with van der Waals surface area (Å²) in [4.78, 5) is 10.9. The Morgan fingerprint density at radius 1 is 1.44 bits per heavy atom. The molecule has 0 saturated heterocycles. The van der Waals surface area contributed by atoms with Gasteiger partial charge >= 0.3 is 5.97 Å². The highest BCUT2D eigenvalue weighted by atomic mass is 16.5. The quantitative estimate of drug-likeness (QED) is 0.792. The van der Waals surface area contributed by atoms with Crippen LogP contribution in [-0.2, 0) is 11.2 Å². The van der Waals surface area contributed by atoms with Gasteiger partial charge in [0.25, 0.3) is 0 Å². The average molecular weight is 223 g/mol. The summed E-state index contributed by atoms with van der Waals surface area (Å²) in [7, 11) is 0. The van der Waals surface area contributed by atoms with Gasteiger partial charge in [-0.15, -0.1) is 0 Å². The molecular formula is C12H17NO3. The van der Waals surface area contributed by atoms with Gasteiger partial charge in [-0.25, -0.2) is 4.79 Å². The molecule has 1 aromatic rings. The van der Waals surface area contributed by atoms with Crippen molar-refractivity contribution in [2.24, 2.45) is 5.73 Å². The van der Waals surface area contributed by atoms with Crippen molar-refractivity contribution < 1.29 is 14.6 Å². The average Bonchev–Trinajstić information content (AvgIpc) is 2.20. The molecule has 3 N–H and O–H groups in total. The van der Waals surface area contributed by atoms with Gasteiger partial charge in [-0.3, -0.25) is 0 Å². The Bertz CT molecular complexity index is 374. The van der Waals surface area contributed by atoms with Crippen molar-refractivity contribution in [3.05, 3.63) is 29.8 Å². The molecule has 0 radical (unpaired) electrons. The monoisotopic (exact) mass is 223 g/mol. The Kier molecular flexibility index (Phi) is 3.90. The lowest BCUT2D eigenvalue weighted by Crippen LogP contribution is -2.38. The van der Waals surface area contributed by atoms with Gasteiger partial charge in [-0.05, 0) is 38.4 Å². The molecule has 0 spiro atoms. The number of rotatable bonds is 5. The van der Waals surface area contributed by atoms with Gasteiger partial charge in [-0.2, -0.15) is 0 Å². The van der Waals surface area contributed by atoms with Crippen LogP contribution in [0.5, 0.6) is 5.75 Å². The summed E-state index contributed by atoms with van der Waals surface area (Å²) in [6.07, 6.45) is 0.672. The first-order valence-electron chi connectivity index (χ1n) is 5.18. The van der Waals surface area contributed by atoms with E-state index < -0.39 is 11.6 Å². The van der Waals surface area contributed by atoms with Crippen molar-refractivity contribution in [3.8, 4) is 5.75 Å². The molecule has 0 aliphatic rings. The molecule has 16 heavy (non-hydrogen) atoms. The number of aliphatic carboxylic acids is 1. The van der Waals surface area contributed by atoms with E-state index in [-0.39, 0.29) is 0 Å². The fraction of sp³-hybridized carbons (Fsp3) is 0.417. The van der Waals surface area contributed by atoms with E-state index in [0.29, 0.717) is 18.7 Å². The minimum atomic E-state index is -1.23. The second-order valence-electron chi connectivity index (χ2n) is 4.06. The van der Waals surface area contributed by atoms with Gasteiger partial charge < -0.3 is 15.6 Å². The fourth-order valence-electron chi connectivity index (χ4n) is 1.28. The number of carboxylic acid groups (broad SMARTS) is 1. The molecule has 0 aromatic heterocycles. The predicted molar refractivity (Wildman–Crippen MR) is 61.5 cm³/mol. The van der Waals surface area contributed by atoms with Crippen molar-refractivity contribution in [2.45, 2.75) is 25.9 Å². The molecule has 0 bridgehead atoms. The maximum Gasteiger partial charge on any atom is 0.347 e. The van der Waals surface area contributed by atoms with Gasteiger partial charge in [0.15, 0.2) is 5.60 Å². The zero-order valence-electron chi connectivity index (χ0n) is 9.56. The Balaban J connectivity index is 2.92. The second kappa shape index (κ2) is 4.99. The van der Waals surface area contributed by atoms with Crippen LogP contribution in [-0.4, -0.2) is 23.2 Å². The second-order valence-corrected chi connectivity index (χ2v) is 4.06. The van der Waals surface area contributed by atoms with Crippen molar-refractivity contribution >= 4 is 5.97 Å². The van der Waals surface area contributed by atoms with E-state index in [1.54, 1.807) is 6.07 Å². The molecule has 0 aliphatic carbocycles. The zero-order valence-corrected chi connectivity index (χ0v) is 9.56. The van der Waals surface area contributed by atoms with Crippen LogP contribution in [0.3, 0.4) is 0 Å². The first kappa shape index (κ1) is 12.5. The topological polar surface area (TPSA) is 72.5 Å². The Morgan fingerprint density at radius 2 is 2.06 bits per heavy atom. The molecule has 0 fully saturated rings. The van der Waals surface area contributed by atoms with E-state index in [1.807, 2.05) is 18.2 Å². The molecule has 4 nitrogen and oxygen atoms in total. The zero-order chi connectivity index (χ0) is 12.2. The predicted octanol–water partition coefficient (Wildman–Crippen LogP) is 1.43. The van der Waals surface area contributed by atoms with Gasteiger partial charge in [0.05, 0.1) is 0 Å². The fourth-order valence-corrected chi connectivity index (χ4v) is 1.28. The van der Waals surface area contributed by atoms with E-state index in [9.17, 15) is 4.79 Å². The molecule has 0 amide bonds. The number of ether oxygens (including phenoxy) is 1. The van der Waals surface area contributed by atoms with Crippen molar-refractivity contribution in [1.29, 1.82) is 0 Å². The summed E-state index contributed by atoms with van der Waals surface area (Å²) < 4.78 is 5.49. The summed E-state index contributed by atoms with van der Waals surface area (Å²) in [5, 5.41) is 8.97. The number of carboxylic acids is 1. The first-order valence-corrected chi connectivity index (χ1v) is 5.18. The highest BCUT2D eigenvalue weighted by Crippen LogP contribution is 2.23. The van der Waals surface area contributed by atoms with Gasteiger partial charge in [0.2, 0.25) is 0 Å². The third-order valence-corrected chi connectivity index (χ3v) is 2.27. The van der Waals surface area contributed by atoms with Gasteiger partial charge in [-0.1, -0.05) is 18.2 Å². The van der Waals surface area contributed by atoms with E-state index in [1.165, 1.54) is 13.8 Å². The number of hydrogen-bond donors (Lipinski definition) is 2. The molecule has 0 heterocycles. The van der Waals surface area contributed by atoms with Crippen LogP contribution in [0.1, 0.15) is 19.4 Å². The Labute approximate surface area is 95.0 Å². The van der Waals surface area contributed by atoms with Crippen LogP contribution < -0.4 is 10.5 Å². The maximum atomic E-state index is 10.9. The molecule has 1 rings (SSSR count). The van der Waals surface area contributed by atoms with E-state index in [2.05, 4.69) is 0 Å². The van der Waals surface area contributed by atoms with E-state index in [4.69, 9.17) is 15.6 Å². The van der Waals surface area contributed by atoms with Crippen LogP contribution >= 0.6 is 0 Å². The Hall–Kier alpha value is -1.55.